The monoisotopic (exact) mass is 382 g/mol. The molecule has 2 aromatic heterocycles. The minimum absolute atomic E-state index is 0.154. The van der Waals surface area contributed by atoms with E-state index in [1.807, 2.05) is 6.92 Å². The first kappa shape index (κ1) is 17.5. The van der Waals surface area contributed by atoms with Crippen molar-refractivity contribution in [3.05, 3.63) is 46.7 Å². The van der Waals surface area contributed by atoms with Crippen LogP contribution in [0.4, 0.5) is 11.5 Å². The lowest BCUT2D eigenvalue weighted by Crippen LogP contribution is -2.33. The van der Waals surface area contributed by atoms with Gasteiger partial charge < -0.3 is 21.0 Å². The van der Waals surface area contributed by atoms with Gasteiger partial charge in [-0.15, -0.1) is 0 Å². The second-order valence-electron chi connectivity index (χ2n) is 6.76. The molecule has 0 aliphatic heterocycles. The summed E-state index contributed by atoms with van der Waals surface area (Å²) < 4.78 is 0. The number of nitrogens with zero attached hydrogens (tertiary/aromatic N) is 2. The maximum absolute atomic E-state index is 12.6. The molecule has 8 heteroatoms. The number of benzene rings is 1. The van der Waals surface area contributed by atoms with Gasteiger partial charge in [0.05, 0.1) is 11.8 Å². The van der Waals surface area contributed by atoms with E-state index in [2.05, 4.69) is 25.6 Å². The number of anilines is 2. The smallest absolute Gasteiger partial charge is 0.255 e. The van der Waals surface area contributed by atoms with Crippen LogP contribution in [0.2, 0.25) is 5.02 Å². The Morgan fingerprint density at radius 1 is 1.44 bits per heavy atom. The van der Waals surface area contributed by atoms with Crippen LogP contribution in [-0.4, -0.2) is 33.1 Å². The number of carbonyl (C=O) groups excluding carboxylic acids is 1. The molecule has 0 bridgehead atoms. The van der Waals surface area contributed by atoms with Gasteiger partial charge in [0.1, 0.15) is 11.3 Å². The zero-order valence-corrected chi connectivity index (χ0v) is 15.5. The summed E-state index contributed by atoms with van der Waals surface area (Å²) in [5.74, 6) is 0.905. The molecule has 1 aliphatic carbocycles. The van der Waals surface area contributed by atoms with Crippen molar-refractivity contribution in [3.8, 4) is 0 Å². The number of hydrogen-bond acceptors (Lipinski definition) is 5. The largest absolute Gasteiger partial charge is 0.349 e. The fourth-order valence-corrected chi connectivity index (χ4v) is 3.21. The predicted molar refractivity (Wildman–Crippen MR) is 106 cm³/mol. The number of amides is 1. The topological polar surface area (TPSA) is 107 Å². The summed E-state index contributed by atoms with van der Waals surface area (Å²) in [4.78, 5) is 24.5. The lowest BCUT2D eigenvalue weighted by molar-refractivity contribution is 0.0937. The molecule has 3 aromatic rings. The average Bonchev–Trinajstić information content (AvgIpc) is 3.43. The molecule has 7 nitrogen and oxygen atoms in total. The number of aromatic nitrogens is 3. The van der Waals surface area contributed by atoms with Gasteiger partial charge in [-0.05, 0) is 43.9 Å². The zero-order valence-electron chi connectivity index (χ0n) is 14.7. The van der Waals surface area contributed by atoms with Crippen LogP contribution in [0.25, 0.3) is 11.2 Å². The second kappa shape index (κ2) is 7.00. The van der Waals surface area contributed by atoms with Gasteiger partial charge in [0.2, 0.25) is 0 Å². The Bertz CT molecular complexity index is 1030. The molecule has 2 heterocycles. The number of carbonyl (C=O) groups is 1. The highest BCUT2D eigenvalue weighted by atomic mass is 35.5. The van der Waals surface area contributed by atoms with E-state index < -0.39 is 0 Å². The van der Waals surface area contributed by atoms with Crippen LogP contribution >= 0.6 is 11.6 Å². The molecule has 0 spiro atoms. The number of rotatable bonds is 6. The van der Waals surface area contributed by atoms with Gasteiger partial charge in [-0.25, -0.2) is 9.97 Å². The maximum Gasteiger partial charge on any atom is 0.255 e. The normalized spacial score (nSPS) is 14.7. The first-order valence-electron chi connectivity index (χ1n) is 8.77. The Kier molecular flexibility index (Phi) is 4.53. The van der Waals surface area contributed by atoms with Gasteiger partial charge in [0.15, 0.2) is 5.65 Å². The lowest BCUT2D eigenvalue weighted by Gasteiger charge is -2.12. The first-order valence-corrected chi connectivity index (χ1v) is 9.15. The van der Waals surface area contributed by atoms with E-state index in [1.54, 1.807) is 30.6 Å². The van der Waals surface area contributed by atoms with Gasteiger partial charge in [0.25, 0.3) is 5.91 Å². The summed E-state index contributed by atoms with van der Waals surface area (Å²) in [6.45, 7) is 2.03. The van der Waals surface area contributed by atoms with Gasteiger partial charge >= 0.3 is 0 Å². The van der Waals surface area contributed by atoms with Gasteiger partial charge in [-0.2, -0.15) is 0 Å². The van der Waals surface area contributed by atoms with Crippen molar-refractivity contribution in [1.82, 2.24) is 20.3 Å². The van der Waals surface area contributed by atoms with Crippen molar-refractivity contribution in [2.45, 2.75) is 25.8 Å². The predicted octanol–water partition coefficient (Wildman–Crippen LogP) is 3.88. The number of hydrogen-bond donors (Lipinski definition) is 4. The van der Waals surface area contributed by atoms with E-state index in [0.717, 1.165) is 0 Å². The third kappa shape index (κ3) is 3.64. The van der Waals surface area contributed by atoms with E-state index in [-0.39, 0.29) is 11.9 Å². The first-order chi connectivity index (χ1) is 13.0. The Morgan fingerprint density at radius 2 is 2.26 bits per heavy atom. The highest BCUT2D eigenvalue weighted by Gasteiger charge is 2.29. The zero-order chi connectivity index (χ0) is 19.0. The van der Waals surface area contributed by atoms with Gasteiger partial charge in [0, 0.05) is 34.7 Å². The fourth-order valence-electron chi connectivity index (χ4n) is 3.03. The number of fused-ring (bicyclic) bond motifs is 1. The SMILES string of the molecule is C[C@H](NC(=O)c1c[nH]c2ncc(Nc3ccc(Cl)cc3C=N)nc12)C1CC1. The van der Waals surface area contributed by atoms with Crippen LogP contribution in [0.3, 0.4) is 0 Å². The van der Waals surface area contributed by atoms with Crippen molar-refractivity contribution in [2.24, 2.45) is 5.92 Å². The molecule has 1 saturated carbocycles. The maximum atomic E-state index is 12.6. The third-order valence-electron chi connectivity index (χ3n) is 4.75. The molecule has 1 fully saturated rings. The van der Waals surface area contributed by atoms with Crippen molar-refractivity contribution in [2.75, 3.05) is 5.32 Å². The van der Waals surface area contributed by atoms with Crippen molar-refractivity contribution < 1.29 is 4.79 Å². The Hall–Kier alpha value is -2.93. The van der Waals surface area contributed by atoms with E-state index in [4.69, 9.17) is 17.0 Å². The average molecular weight is 383 g/mol. The highest BCUT2D eigenvalue weighted by Crippen LogP contribution is 2.32. The van der Waals surface area contributed by atoms with E-state index >= 15 is 0 Å². The van der Waals surface area contributed by atoms with E-state index in [9.17, 15) is 4.79 Å². The molecular formula is C19H19ClN6O. The molecule has 27 heavy (non-hydrogen) atoms. The van der Waals surface area contributed by atoms with Crippen LogP contribution in [-0.2, 0) is 0 Å². The number of halogens is 1. The van der Waals surface area contributed by atoms with Gasteiger partial charge in [-0.3, -0.25) is 4.79 Å². The Morgan fingerprint density at radius 3 is 3.00 bits per heavy atom. The quantitative estimate of drug-likeness (QED) is 0.485. The van der Waals surface area contributed by atoms with Crippen LogP contribution in [0.1, 0.15) is 35.7 Å². The summed E-state index contributed by atoms with van der Waals surface area (Å²) in [5.41, 5.74) is 2.85. The lowest BCUT2D eigenvalue weighted by atomic mass is 10.2. The van der Waals surface area contributed by atoms with Crippen molar-refractivity contribution in [3.63, 3.8) is 0 Å². The third-order valence-corrected chi connectivity index (χ3v) is 4.98. The Labute approximate surface area is 161 Å². The molecule has 4 N–H and O–H groups in total. The molecule has 0 saturated heterocycles. The summed E-state index contributed by atoms with van der Waals surface area (Å²) in [5, 5.41) is 14.3. The molecule has 1 aliphatic rings. The number of aromatic amines is 1. The Balaban J connectivity index is 1.61. The van der Waals surface area contributed by atoms with Crippen molar-refractivity contribution >= 4 is 46.4 Å². The van der Waals surface area contributed by atoms with Crippen LogP contribution < -0.4 is 10.6 Å². The van der Waals surface area contributed by atoms with Gasteiger partial charge in [-0.1, -0.05) is 11.6 Å². The van der Waals surface area contributed by atoms with Crippen LogP contribution in [0.5, 0.6) is 0 Å². The number of nitrogens with one attached hydrogen (secondary N) is 4. The molecule has 1 amide bonds. The minimum Gasteiger partial charge on any atom is -0.349 e. The summed E-state index contributed by atoms with van der Waals surface area (Å²) in [6.07, 6.45) is 6.76. The summed E-state index contributed by atoms with van der Waals surface area (Å²) >= 11 is 5.98. The second-order valence-corrected chi connectivity index (χ2v) is 7.19. The molecule has 138 valence electrons. The molecule has 1 aromatic carbocycles. The highest BCUT2D eigenvalue weighted by molar-refractivity contribution is 6.31. The molecule has 0 radical (unpaired) electrons. The number of H-pyrrole nitrogens is 1. The van der Waals surface area contributed by atoms with E-state index in [1.165, 1.54) is 19.1 Å². The molecule has 0 unspecified atom stereocenters. The molecular weight excluding hydrogens is 364 g/mol. The molecule has 4 rings (SSSR count). The minimum atomic E-state index is -0.154. The van der Waals surface area contributed by atoms with E-state index in [0.29, 0.717) is 44.7 Å². The van der Waals surface area contributed by atoms with Crippen LogP contribution in [0.15, 0.2) is 30.6 Å². The summed E-state index contributed by atoms with van der Waals surface area (Å²) in [6, 6.07) is 5.35. The van der Waals surface area contributed by atoms with Crippen LogP contribution in [0, 0.1) is 11.3 Å². The standard InChI is InChI=1S/C19H19ClN6O/c1-10(11-2-3-11)24-19(27)14-8-22-18-17(14)26-16(9-23-18)25-15-5-4-13(20)6-12(15)7-21/h4-11,21H,2-3H2,1H3,(H,22,23)(H,24,27)(H,25,26)/t10-/m0/s1. The fraction of sp³-hybridized carbons (Fsp3) is 0.263. The van der Waals surface area contributed by atoms with Crippen molar-refractivity contribution in [1.29, 1.82) is 5.41 Å². The summed E-state index contributed by atoms with van der Waals surface area (Å²) in [7, 11) is 0. The molecule has 1 atom stereocenters.